The van der Waals surface area contributed by atoms with E-state index in [-0.39, 0.29) is 0 Å². The number of nitrogens with one attached hydrogen (secondary N) is 1. The zero-order valence-electron chi connectivity index (χ0n) is 13.2. The molecule has 6 heteroatoms. The van der Waals surface area contributed by atoms with Gasteiger partial charge in [0.1, 0.15) is 17.3 Å². The summed E-state index contributed by atoms with van der Waals surface area (Å²) in [5.74, 6) is 1.87. The molecule has 0 aliphatic rings. The highest BCUT2D eigenvalue weighted by atomic mass is 15.1. The molecule has 0 bridgehead atoms. The molecule has 0 radical (unpaired) electrons. The molecule has 0 aliphatic heterocycles. The van der Waals surface area contributed by atoms with Crippen LogP contribution in [0, 0.1) is 0 Å². The van der Waals surface area contributed by atoms with E-state index in [1.54, 1.807) is 18.6 Å². The van der Waals surface area contributed by atoms with Gasteiger partial charge < -0.3 is 5.32 Å². The normalized spacial score (nSPS) is 10.4. The molecule has 4 rings (SSSR count). The molecule has 1 N–H and O–H groups in total. The Morgan fingerprint density at radius 3 is 1.88 bits per heavy atom. The van der Waals surface area contributed by atoms with Gasteiger partial charge in [0.05, 0.1) is 11.4 Å². The summed E-state index contributed by atoms with van der Waals surface area (Å²) in [6, 6.07) is 18.9. The van der Waals surface area contributed by atoms with Crippen LogP contribution in [0.25, 0.3) is 22.9 Å². The SMILES string of the molecule is c1ccc(Nc2cc(-c3ccccn3)nc(-c3ccccn3)n2)nc1. The average molecular weight is 326 g/mol. The third kappa shape index (κ3) is 3.48. The second kappa shape index (κ2) is 6.84. The van der Waals surface area contributed by atoms with Crippen LogP contribution in [-0.2, 0) is 0 Å². The van der Waals surface area contributed by atoms with Crippen molar-refractivity contribution in [1.29, 1.82) is 0 Å². The lowest BCUT2D eigenvalue weighted by Gasteiger charge is -2.09. The first-order valence-corrected chi connectivity index (χ1v) is 7.78. The zero-order valence-corrected chi connectivity index (χ0v) is 13.2. The van der Waals surface area contributed by atoms with Gasteiger partial charge in [0.2, 0.25) is 0 Å². The molecule has 25 heavy (non-hydrogen) atoms. The summed E-state index contributed by atoms with van der Waals surface area (Å²) >= 11 is 0. The van der Waals surface area contributed by atoms with Gasteiger partial charge in [-0.1, -0.05) is 18.2 Å². The predicted molar refractivity (Wildman–Crippen MR) is 96.0 cm³/mol. The molecule has 0 fully saturated rings. The van der Waals surface area contributed by atoms with Crippen LogP contribution in [0.3, 0.4) is 0 Å². The Labute approximate surface area is 144 Å². The minimum atomic E-state index is 0.530. The van der Waals surface area contributed by atoms with Crippen molar-refractivity contribution in [3.05, 3.63) is 79.3 Å². The minimum absolute atomic E-state index is 0.530. The first-order valence-electron chi connectivity index (χ1n) is 7.78. The minimum Gasteiger partial charge on any atom is -0.325 e. The fourth-order valence-electron chi connectivity index (χ4n) is 2.33. The standard InChI is InChI=1S/C19H14N6/c1-4-10-20-14(7-1)16-13-18(24-17-9-3-6-12-22-17)25-19(23-16)15-8-2-5-11-21-15/h1-13H,(H,22,23,24,25). The summed E-state index contributed by atoms with van der Waals surface area (Å²) in [6.45, 7) is 0. The molecule has 4 heterocycles. The number of pyridine rings is 3. The van der Waals surface area contributed by atoms with Crippen molar-refractivity contribution in [1.82, 2.24) is 24.9 Å². The summed E-state index contributed by atoms with van der Waals surface area (Å²) in [4.78, 5) is 22.2. The van der Waals surface area contributed by atoms with Gasteiger partial charge in [-0.2, -0.15) is 0 Å². The molecule has 0 amide bonds. The topological polar surface area (TPSA) is 76.5 Å². The molecule has 4 aromatic heterocycles. The van der Waals surface area contributed by atoms with Crippen molar-refractivity contribution in [2.75, 3.05) is 5.32 Å². The van der Waals surface area contributed by atoms with Gasteiger partial charge in [-0.25, -0.2) is 15.0 Å². The van der Waals surface area contributed by atoms with Crippen molar-refractivity contribution >= 4 is 11.6 Å². The van der Waals surface area contributed by atoms with Crippen molar-refractivity contribution in [3.8, 4) is 22.9 Å². The molecule has 4 aromatic rings. The molecule has 0 saturated carbocycles. The quantitative estimate of drug-likeness (QED) is 0.615. The maximum Gasteiger partial charge on any atom is 0.180 e. The summed E-state index contributed by atoms with van der Waals surface area (Å²) in [6.07, 6.45) is 5.19. The monoisotopic (exact) mass is 326 g/mol. The molecular formula is C19H14N6. The molecule has 120 valence electrons. The van der Waals surface area contributed by atoms with Crippen LogP contribution in [0.5, 0.6) is 0 Å². The number of hydrogen-bond donors (Lipinski definition) is 1. The first-order chi connectivity index (χ1) is 12.4. The molecule has 0 aliphatic carbocycles. The highest BCUT2D eigenvalue weighted by Crippen LogP contribution is 2.23. The number of nitrogens with zero attached hydrogens (tertiary/aromatic N) is 5. The van der Waals surface area contributed by atoms with E-state index in [1.165, 1.54) is 0 Å². The number of rotatable bonds is 4. The van der Waals surface area contributed by atoms with Crippen LogP contribution < -0.4 is 5.32 Å². The Balaban J connectivity index is 1.80. The van der Waals surface area contributed by atoms with Gasteiger partial charge in [-0.05, 0) is 36.4 Å². The Morgan fingerprint density at radius 1 is 0.560 bits per heavy atom. The summed E-state index contributed by atoms with van der Waals surface area (Å²) in [7, 11) is 0. The van der Waals surface area contributed by atoms with Crippen molar-refractivity contribution < 1.29 is 0 Å². The molecule has 6 nitrogen and oxygen atoms in total. The smallest absolute Gasteiger partial charge is 0.180 e. The maximum atomic E-state index is 4.62. The van der Waals surface area contributed by atoms with E-state index in [1.807, 2.05) is 60.7 Å². The van der Waals surface area contributed by atoms with E-state index in [9.17, 15) is 0 Å². The molecule has 0 atom stereocenters. The Bertz CT molecular complexity index is 901. The number of anilines is 2. The third-order valence-corrected chi connectivity index (χ3v) is 3.47. The summed E-state index contributed by atoms with van der Waals surface area (Å²) in [5, 5.41) is 3.21. The Kier molecular flexibility index (Phi) is 4.07. The van der Waals surface area contributed by atoms with E-state index >= 15 is 0 Å². The molecule has 0 spiro atoms. The van der Waals surface area contributed by atoms with Crippen LogP contribution >= 0.6 is 0 Å². The molecule has 0 aromatic carbocycles. The summed E-state index contributed by atoms with van der Waals surface area (Å²) < 4.78 is 0. The Hall–Kier alpha value is -3.67. The largest absolute Gasteiger partial charge is 0.325 e. The van der Waals surface area contributed by atoms with Gasteiger partial charge in [0, 0.05) is 24.7 Å². The van der Waals surface area contributed by atoms with E-state index in [0.717, 1.165) is 11.4 Å². The van der Waals surface area contributed by atoms with E-state index in [2.05, 4.69) is 30.2 Å². The van der Waals surface area contributed by atoms with Crippen LogP contribution in [0.2, 0.25) is 0 Å². The van der Waals surface area contributed by atoms with Crippen LogP contribution in [0.1, 0.15) is 0 Å². The lowest BCUT2D eigenvalue weighted by Crippen LogP contribution is -2.01. The van der Waals surface area contributed by atoms with E-state index in [4.69, 9.17) is 0 Å². The van der Waals surface area contributed by atoms with Crippen LogP contribution in [0.4, 0.5) is 11.6 Å². The van der Waals surface area contributed by atoms with Gasteiger partial charge in [0.15, 0.2) is 5.82 Å². The highest BCUT2D eigenvalue weighted by Gasteiger charge is 2.10. The fourth-order valence-corrected chi connectivity index (χ4v) is 2.33. The second-order valence-corrected chi connectivity index (χ2v) is 5.23. The molecule has 0 saturated heterocycles. The first kappa shape index (κ1) is 14.9. The zero-order chi connectivity index (χ0) is 16.9. The van der Waals surface area contributed by atoms with E-state index < -0.39 is 0 Å². The van der Waals surface area contributed by atoms with Gasteiger partial charge in [-0.15, -0.1) is 0 Å². The summed E-state index contributed by atoms with van der Waals surface area (Å²) in [5.41, 5.74) is 2.19. The third-order valence-electron chi connectivity index (χ3n) is 3.47. The average Bonchev–Trinajstić information content (AvgIpc) is 2.70. The van der Waals surface area contributed by atoms with E-state index in [0.29, 0.717) is 23.2 Å². The Morgan fingerprint density at radius 2 is 1.24 bits per heavy atom. The number of aromatic nitrogens is 5. The van der Waals surface area contributed by atoms with Crippen LogP contribution in [0.15, 0.2) is 79.3 Å². The lowest BCUT2D eigenvalue weighted by atomic mass is 10.2. The van der Waals surface area contributed by atoms with Gasteiger partial charge >= 0.3 is 0 Å². The van der Waals surface area contributed by atoms with Crippen molar-refractivity contribution in [3.63, 3.8) is 0 Å². The second-order valence-electron chi connectivity index (χ2n) is 5.23. The van der Waals surface area contributed by atoms with Gasteiger partial charge in [0.25, 0.3) is 0 Å². The lowest BCUT2D eigenvalue weighted by molar-refractivity contribution is 1.13. The van der Waals surface area contributed by atoms with Gasteiger partial charge in [-0.3, -0.25) is 9.97 Å². The van der Waals surface area contributed by atoms with Crippen molar-refractivity contribution in [2.24, 2.45) is 0 Å². The fraction of sp³-hybridized carbons (Fsp3) is 0. The predicted octanol–water partition coefficient (Wildman–Crippen LogP) is 3.74. The molecule has 0 unspecified atom stereocenters. The van der Waals surface area contributed by atoms with Crippen LogP contribution in [-0.4, -0.2) is 24.9 Å². The molecular weight excluding hydrogens is 312 g/mol. The highest BCUT2D eigenvalue weighted by molar-refractivity contribution is 5.66. The number of hydrogen-bond acceptors (Lipinski definition) is 6. The van der Waals surface area contributed by atoms with Crippen molar-refractivity contribution in [2.45, 2.75) is 0 Å². The maximum absolute atomic E-state index is 4.62.